The number of nitrogens with zero attached hydrogens (tertiary/aromatic N) is 2. The van der Waals surface area contributed by atoms with Crippen molar-refractivity contribution >= 4 is 65.6 Å². The van der Waals surface area contributed by atoms with E-state index in [1.807, 2.05) is 0 Å². The topological polar surface area (TPSA) is 23.0 Å². The first kappa shape index (κ1) is 42.7. The quantitative estimate of drug-likeness (QED) is 0.149. The fraction of sp³-hybridized carbons (Fsp3) is 0. The Labute approximate surface area is 434 Å². The van der Waals surface area contributed by atoms with Crippen LogP contribution in [0.2, 0.25) is 0 Å². The van der Waals surface area contributed by atoms with Crippen LogP contribution in [0.5, 0.6) is 0 Å². The van der Waals surface area contributed by atoms with Crippen molar-refractivity contribution in [3.8, 4) is 78.1 Å². The molecule has 3 nitrogen and oxygen atoms in total. The van der Waals surface area contributed by atoms with Crippen molar-refractivity contribution in [1.82, 2.24) is 9.13 Å². The van der Waals surface area contributed by atoms with Gasteiger partial charge in [-0.25, -0.2) is 0 Å². The minimum Gasteiger partial charge on any atom is -0.456 e. The molecule has 75 heavy (non-hydrogen) atoms. The molecule has 0 N–H and O–H groups in total. The fourth-order valence-electron chi connectivity index (χ4n) is 11.7. The summed E-state index contributed by atoms with van der Waals surface area (Å²) in [5.41, 5.74) is 23.0. The Bertz CT molecular complexity index is 4410. The van der Waals surface area contributed by atoms with E-state index < -0.39 is 0 Å². The van der Waals surface area contributed by atoms with E-state index in [1.54, 1.807) is 0 Å². The highest BCUT2D eigenvalue weighted by atomic mass is 16.3. The third-order valence-electron chi connectivity index (χ3n) is 15.3. The zero-order valence-electron chi connectivity index (χ0n) is 40.9. The Morgan fingerprint density at radius 3 is 0.880 bits per heavy atom. The molecule has 15 aromatic rings. The number of aromatic nitrogens is 2. The monoisotopic (exact) mass is 954 g/mol. The molecular formula is C72H46N2O. The van der Waals surface area contributed by atoms with Gasteiger partial charge in [-0.1, -0.05) is 182 Å². The summed E-state index contributed by atoms with van der Waals surface area (Å²) in [6, 6.07) is 101. The lowest BCUT2D eigenvalue weighted by Gasteiger charge is -2.11. The number of furan rings is 1. The number of benzene rings is 12. The second-order valence-corrected chi connectivity index (χ2v) is 19.7. The Hall–Kier alpha value is -9.96. The molecule has 3 heteroatoms. The highest BCUT2D eigenvalue weighted by Crippen LogP contribution is 2.41. The number of fused-ring (bicyclic) bond motifs is 9. The Balaban J connectivity index is 0.798. The predicted octanol–water partition coefficient (Wildman–Crippen LogP) is 19.8. The minimum absolute atomic E-state index is 0.865. The summed E-state index contributed by atoms with van der Waals surface area (Å²) < 4.78 is 11.4. The lowest BCUT2D eigenvalue weighted by atomic mass is 9.96. The molecule has 12 aromatic carbocycles. The molecule has 0 unspecified atom stereocenters. The summed E-state index contributed by atoms with van der Waals surface area (Å²) >= 11 is 0. The van der Waals surface area contributed by atoms with Crippen molar-refractivity contribution in [1.29, 1.82) is 0 Å². The van der Waals surface area contributed by atoms with Gasteiger partial charge in [0.05, 0.1) is 22.1 Å². The van der Waals surface area contributed by atoms with E-state index in [9.17, 15) is 0 Å². The maximum absolute atomic E-state index is 6.60. The van der Waals surface area contributed by atoms with E-state index in [0.717, 1.165) is 55.4 Å². The Morgan fingerprint density at radius 2 is 0.493 bits per heavy atom. The van der Waals surface area contributed by atoms with Crippen molar-refractivity contribution in [2.24, 2.45) is 0 Å². The molecular weight excluding hydrogens is 909 g/mol. The standard InChI is InChI=1S/C72H46N2O/c1-3-15-47(16-4-1)49-19-11-21-51(39-49)53-23-13-25-55(41-53)57-31-35-69-63(43-57)61-27-7-9-29-67(61)73(69)59-33-37-71-65(45-59)66-46-60(34-38-72(66)75-71)74-68-30-10-8-28-62(68)64-44-58(32-36-70(64)74)56-26-14-24-54(42-56)52-22-12-20-50(40-52)48-17-5-2-6-18-48/h1-46H. The molecule has 0 spiro atoms. The van der Waals surface area contributed by atoms with Gasteiger partial charge in [-0.3, -0.25) is 0 Å². The van der Waals surface area contributed by atoms with Crippen molar-refractivity contribution in [2.75, 3.05) is 0 Å². The Kier molecular flexibility index (Phi) is 9.89. The van der Waals surface area contributed by atoms with Crippen molar-refractivity contribution < 1.29 is 4.42 Å². The largest absolute Gasteiger partial charge is 0.456 e. The van der Waals surface area contributed by atoms with Gasteiger partial charge in [0.1, 0.15) is 11.2 Å². The van der Waals surface area contributed by atoms with Gasteiger partial charge < -0.3 is 13.6 Å². The molecule has 0 bridgehead atoms. The smallest absolute Gasteiger partial charge is 0.135 e. The van der Waals surface area contributed by atoms with E-state index in [1.165, 1.54) is 88.3 Å². The molecule has 0 saturated heterocycles. The Morgan fingerprint density at radius 1 is 0.187 bits per heavy atom. The molecule has 3 aromatic heterocycles. The highest BCUT2D eigenvalue weighted by molar-refractivity contribution is 6.13. The van der Waals surface area contributed by atoms with Crippen LogP contribution in [0.3, 0.4) is 0 Å². The van der Waals surface area contributed by atoms with Crippen LogP contribution in [0.1, 0.15) is 0 Å². The van der Waals surface area contributed by atoms with Crippen LogP contribution in [0.4, 0.5) is 0 Å². The van der Waals surface area contributed by atoms with E-state index in [2.05, 4.69) is 288 Å². The third kappa shape index (κ3) is 7.28. The second kappa shape index (κ2) is 17.4. The summed E-state index contributed by atoms with van der Waals surface area (Å²) in [7, 11) is 0. The van der Waals surface area contributed by atoms with Gasteiger partial charge in [0.25, 0.3) is 0 Å². The van der Waals surface area contributed by atoms with Crippen LogP contribution in [0.15, 0.2) is 283 Å². The number of hydrogen-bond acceptors (Lipinski definition) is 1. The average Bonchev–Trinajstić information content (AvgIpc) is 4.14. The zero-order chi connectivity index (χ0) is 49.4. The molecule has 0 amide bonds. The molecule has 0 saturated carbocycles. The van der Waals surface area contributed by atoms with E-state index in [-0.39, 0.29) is 0 Å². The first-order valence-electron chi connectivity index (χ1n) is 25.7. The summed E-state index contributed by atoms with van der Waals surface area (Å²) in [5.74, 6) is 0. The molecule has 0 radical (unpaired) electrons. The van der Waals surface area contributed by atoms with Crippen LogP contribution in [0, 0.1) is 0 Å². The van der Waals surface area contributed by atoms with Gasteiger partial charge in [0.2, 0.25) is 0 Å². The molecule has 0 aliphatic carbocycles. The van der Waals surface area contributed by atoms with Crippen molar-refractivity contribution in [2.45, 2.75) is 0 Å². The van der Waals surface area contributed by atoms with Crippen molar-refractivity contribution in [3.05, 3.63) is 279 Å². The van der Waals surface area contributed by atoms with Gasteiger partial charge in [0.15, 0.2) is 0 Å². The van der Waals surface area contributed by atoms with Gasteiger partial charge in [-0.05, 0) is 164 Å². The number of rotatable bonds is 8. The number of hydrogen-bond donors (Lipinski definition) is 0. The SMILES string of the molecule is c1ccc(-c2cccc(-c3cccc(-c4ccc5c(c4)c4ccccc4n5-c4ccc5oc6ccc(-n7c8ccccc8c8cc(-c9cccc(-c%10cccc(-c%11ccccc%11)c%10)c9)ccc87)cc6c5c4)c3)c2)cc1. The highest BCUT2D eigenvalue weighted by Gasteiger charge is 2.19. The van der Waals surface area contributed by atoms with Gasteiger partial charge in [0, 0.05) is 43.7 Å². The third-order valence-corrected chi connectivity index (χ3v) is 15.3. The van der Waals surface area contributed by atoms with Crippen LogP contribution < -0.4 is 0 Å². The van der Waals surface area contributed by atoms with Gasteiger partial charge >= 0.3 is 0 Å². The molecule has 3 heterocycles. The molecule has 0 atom stereocenters. The summed E-state index contributed by atoms with van der Waals surface area (Å²) in [4.78, 5) is 0. The molecule has 350 valence electrons. The summed E-state index contributed by atoms with van der Waals surface area (Å²) in [6.07, 6.45) is 0. The van der Waals surface area contributed by atoms with Crippen molar-refractivity contribution in [3.63, 3.8) is 0 Å². The van der Waals surface area contributed by atoms with E-state index in [4.69, 9.17) is 4.42 Å². The van der Waals surface area contributed by atoms with E-state index in [0.29, 0.717) is 0 Å². The molecule has 0 aliphatic heterocycles. The molecule has 0 aliphatic rings. The van der Waals surface area contributed by atoms with Crippen LogP contribution >= 0.6 is 0 Å². The zero-order valence-corrected chi connectivity index (χ0v) is 40.9. The predicted molar refractivity (Wildman–Crippen MR) is 315 cm³/mol. The van der Waals surface area contributed by atoms with Gasteiger partial charge in [-0.2, -0.15) is 0 Å². The van der Waals surface area contributed by atoms with Crippen LogP contribution in [0.25, 0.3) is 144 Å². The van der Waals surface area contributed by atoms with Gasteiger partial charge in [-0.15, -0.1) is 0 Å². The second-order valence-electron chi connectivity index (χ2n) is 19.7. The molecule has 0 fully saturated rings. The minimum atomic E-state index is 0.865. The maximum Gasteiger partial charge on any atom is 0.135 e. The normalized spacial score (nSPS) is 11.7. The average molecular weight is 955 g/mol. The maximum atomic E-state index is 6.60. The summed E-state index contributed by atoms with van der Waals surface area (Å²) in [5, 5.41) is 7.03. The van der Waals surface area contributed by atoms with Crippen LogP contribution in [-0.4, -0.2) is 9.13 Å². The molecule has 15 rings (SSSR count). The lowest BCUT2D eigenvalue weighted by Crippen LogP contribution is -1.94. The van der Waals surface area contributed by atoms with E-state index >= 15 is 0 Å². The first-order valence-corrected chi connectivity index (χ1v) is 25.7. The van der Waals surface area contributed by atoms with Crippen LogP contribution in [-0.2, 0) is 0 Å². The fourth-order valence-corrected chi connectivity index (χ4v) is 11.7. The first-order chi connectivity index (χ1) is 37.1. The summed E-state index contributed by atoms with van der Waals surface area (Å²) in [6.45, 7) is 0. The lowest BCUT2D eigenvalue weighted by molar-refractivity contribution is 0.669. The number of para-hydroxylation sites is 2.